The van der Waals surface area contributed by atoms with Gasteiger partial charge in [-0.3, -0.25) is 15.0 Å². The second kappa shape index (κ2) is 10.0. The predicted molar refractivity (Wildman–Crippen MR) is 126 cm³/mol. The fraction of sp³-hybridized carbons (Fsp3) is 0.409. The average Bonchev–Trinajstić information content (AvgIpc) is 2.74. The van der Waals surface area contributed by atoms with Crippen LogP contribution in [0.1, 0.15) is 20.8 Å². The van der Waals surface area contributed by atoms with Gasteiger partial charge in [-0.2, -0.15) is 0 Å². The molecule has 0 bridgehead atoms. The Morgan fingerprint density at radius 3 is 2.48 bits per heavy atom. The normalized spacial score (nSPS) is 16.5. The van der Waals surface area contributed by atoms with Crippen molar-refractivity contribution in [3.63, 3.8) is 0 Å². The van der Waals surface area contributed by atoms with Crippen molar-refractivity contribution < 1.29 is 24.3 Å². The Labute approximate surface area is 201 Å². The lowest BCUT2D eigenvalue weighted by molar-refractivity contribution is -0.384. The number of carbonyl (C=O) groups excluding carboxylic acids is 1. The monoisotopic (exact) mass is 497 g/mol. The molecule has 1 N–H and O–H groups in total. The molecule has 3 rings (SSSR count). The van der Waals surface area contributed by atoms with Crippen LogP contribution in [-0.4, -0.2) is 58.9 Å². The van der Waals surface area contributed by atoms with Gasteiger partial charge in [0.2, 0.25) is 0 Å². The van der Waals surface area contributed by atoms with Crippen molar-refractivity contribution in [3.05, 3.63) is 56.6 Å². The number of rotatable bonds is 5. The molecule has 0 aliphatic carbocycles. The minimum atomic E-state index is -0.694. The van der Waals surface area contributed by atoms with Gasteiger partial charge in [-0.25, -0.2) is 4.79 Å². The third kappa shape index (κ3) is 5.79. The molecule has 1 saturated heterocycles. The van der Waals surface area contributed by atoms with E-state index in [1.807, 2.05) is 0 Å². The van der Waals surface area contributed by atoms with Crippen LogP contribution in [0.4, 0.5) is 16.2 Å². The molecule has 0 saturated carbocycles. The Kier molecular flexibility index (Phi) is 7.56. The number of nitrogens with zero attached hydrogens (tertiary/aromatic N) is 3. The van der Waals surface area contributed by atoms with Crippen LogP contribution in [0.3, 0.4) is 0 Å². The van der Waals surface area contributed by atoms with Gasteiger partial charge >= 0.3 is 6.09 Å². The van der Waals surface area contributed by atoms with Gasteiger partial charge in [0.05, 0.1) is 22.6 Å². The van der Waals surface area contributed by atoms with Crippen molar-refractivity contribution in [2.45, 2.75) is 32.4 Å². The lowest BCUT2D eigenvalue weighted by Crippen LogP contribution is -2.57. The van der Waals surface area contributed by atoms with E-state index in [2.05, 4.69) is 0 Å². The molecular weight excluding hydrogens is 473 g/mol. The predicted octanol–water partition coefficient (Wildman–Crippen LogP) is 5.11. The number of amides is 1. The molecule has 178 valence electrons. The van der Waals surface area contributed by atoms with E-state index < -0.39 is 22.7 Å². The summed E-state index contributed by atoms with van der Waals surface area (Å²) in [5, 5.41) is 22.1. The summed E-state index contributed by atoms with van der Waals surface area (Å²) >= 11 is 12.8. The number of halogens is 2. The quantitative estimate of drug-likeness (QED) is 0.451. The first-order valence-electron chi connectivity index (χ1n) is 10.3. The first kappa shape index (κ1) is 24.9. The van der Waals surface area contributed by atoms with E-state index in [-0.39, 0.29) is 48.4 Å². The molecule has 0 aromatic heterocycles. The zero-order valence-corrected chi connectivity index (χ0v) is 20.0. The number of piperazine rings is 1. The van der Waals surface area contributed by atoms with Crippen LogP contribution >= 0.6 is 23.2 Å². The summed E-state index contributed by atoms with van der Waals surface area (Å²) < 4.78 is 11.2. The van der Waals surface area contributed by atoms with Crippen LogP contribution in [0.15, 0.2) is 36.4 Å². The standard InChI is InChI=1S/C22H25Cl2N3O6/c1-22(2,3)33-21(29)26-11-10-25(12-14(26)13-28)20-16(27(30)31)8-9-18(19(20)24)32-17-7-5-4-6-15(17)23/h4-9,14,28H,10-13H2,1-3H3/t14-/m1/s1. The Hall–Kier alpha value is -2.75. The Morgan fingerprint density at radius 1 is 1.18 bits per heavy atom. The van der Waals surface area contributed by atoms with Crippen molar-refractivity contribution in [3.8, 4) is 11.5 Å². The summed E-state index contributed by atoms with van der Waals surface area (Å²) in [5.41, 5.74) is -0.761. The highest BCUT2D eigenvalue weighted by atomic mass is 35.5. The van der Waals surface area contributed by atoms with E-state index in [4.69, 9.17) is 32.7 Å². The molecule has 1 fully saturated rings. The summed E-state index contributed by atoms with van der Waals surface area (Å²) in [6.45, 7) is 5.45. The van der Waals surface area contributed by atoms with E-state index in [0.717, 1.165) is 0 Å². The summed E-state index contributed by atoms with van der Waals surface area (Å²) in [7, 11) is 0. The largest absolute Gasteiger partial charge is 0.454 e. The van der Waals surface area contributed by atoms with Crippen LogP contribution in [0, 0.1) is 10.1 Å². The van der Waals surface area contributed by atoms with Crippen LogP contribution in [0.25, 0.3) is 0 Å². The number of para-hydroxylation sites is 1. The number of anilines is 1. The summed E-state index contributed by atoms with van der Waals surface area (Å²) in [6, 6.07) is 8.87. The smallest absolute Gasteiger partial charge is 0.410 e. The molecule has 1 heterocycles. The molecule has 2 aromatic carbocycles. The first-order chi connectivity index (χ1) is 15.5. The third-order valence-corrected chi connectivity index (χ3v) is 5.63. The molecule has 9 nitrogen and oxygen atoms in total. The highest BCUT2D eigenvalue weighted by Gasteiger charge is 2.36. The number of benzene rings is 2. The van der Waals surface area contributed by atoms with E-state index in [1.165, 1.54) is 17.0 Å². The van der Waals surface area contributed by atoms with E-state index in [1.54, 1.807) is 49.9 Å². The fourth-order valence-electron chi connectivity index (χ4n) is 3.48. The molecule has 0 unspecified atom stereocenters. The zero-order valence-electron chi connectivity index (χ0n) is 18.5. The summed E-state index contributed by atoms with van der Waals surface area (Å²) in [5.74, 6) is 0.546. The second-order valence-electron chi connectivity index (χ2n) is 8.49. The molecule has 1 amide bonds. The van der Waals surface area contributed by atoms with Gasteiger partial charge in [-0.05, 0) is 39.0 Å². The summed E-state index contributed by atoms with van der Waals surface area (Å²) in [6.07, 6.45) is -0.558. The third-order valence-electron chi connectivity index (χ3n) is 4.95. The van der Waals surface area contributed by atoms with Crippen LogP contribution in [0.5, 0.6) is 11.5 Å². The van der Waals surface area contributed by atoms with E-state index in [0.29, 0.717) is 10.8 Å². The van der Waals surface area contributed by atoms with Crippen molar-refractivity contribution in [2.24, 2.45) is 0 Å². The van der Waals surface area contributed by atoms with Crippen molar-refractivity contribution in [1.82, 2.24) is 4.90 Å². The fourth-order valence-corrected chi connectivity index (χ4v) is 3.98. The minimum absolute atomic E-state index is 0.0338. The molecule has 1 aliphatic heterocycles. The van der Waals surface area contributed by atoms with Gasteiger partial charge in [0.1, 0.15) is 27.8 Å². The lowest BCUT2D eigenvalue weighted by Gasteiger charge is -2.41. The number of nitro groups is 1. The Balaban J connectivity index is 1.92. The molecule has 1 atom stereocenters. The Morgan fingerprint density at radius 2 is 1.88 bits per heavy atom. The van der Waals surface area contributed by atoms with Crippen molar-refractivity contribution in [1.29, 1.82) is 0 Å². The van der Waals surface area contributed by atoms with Gasteiger partial charge in [-0.15, -0.1) is 0 Å². The van der Waals surface area contributed by atoms with Crippen molar-refractivity contribution in [2.75, 3.05) is 31.1 Å². The maximum absolute atomic E-state index is 12.6. The number of ether oxygens (including phenoxy) is 2. The highest BCUT2D eigenvalue weighted by molar-refractivity contribution is 6.35. The van der Waals surface area contributed by atoms with E-state index in [9.17, 15) is 20.0 Å². The first-order valence-corrected chi connectivity index (χ1v) is 11.0. The molecule has 0 radical (unpaired) electrons. The van der Waals surface area contributed by atoms with Crippen molar-refractivity contribution >= 4 is 40.7 Å². The molecule has 1 aliphatic rings. The van der Waals surface area contributed by atoms with Gasteiger partial charge in [0.25, 0.3) is 5.69 Å². The maximum Gasteiger partial charge on any atom is 0.410 e. The molecule has 2 aromatic rings. The number of aliphatic hydroxyl groups excluding tert-OH is 1. The number of aliphatic hydroxyl groups is 1. The lowest BCUT2D eigenvalue weighted by atomic mass is 10.1. The zero-order chi connectivity index (χ0) is 24.3. The molecule has 0 spiro atoms. The number of nitro benzene ring substituents is 1. The molecular formula is C22H25Cl2N3O6. The molecule has 33 heavy (non-hydrogen) atoms. The van der Waals surface area contributed by atoms with Crippen LogP contribution in [-0.2, 0) is 4.74 Å². The highest BCUT2D eigenvalue weighted by Crippen LogP contribution is 2.44. The van der Waals surface area contributed by atoms with Gasteiger partial charge in [0, 0.05) is 25.7 Å². The average molecular weight is 498 g/mol. The number of hydrogen-bond acceptors (Lipinski definition) is 7. The van der Waals surface area contributed by atoms with E-state index >= 15 is 0 Å². The topological polar surface area (TPSA) is 105 Å². The van der Waals surface area contributed by atoms with Gasteiger partial charge in [0.15, 0.2) is 0 Å². The SMILES string of the molecule is CC(C)(C)OC(=O)N1CCN(c2c([N+](=O)[O-])ccc(Oc3ccccc3Cl)c2Cl)C[C@@H]1CO. The minimum Gasteiger partial charge on any atom is -0.454 e. The molecule has 11 heteroatoms. The maximum atomic E-state index is 12.6. The van der Waals surface area contributed by atoms with Crippen LogP contribution in [0.2, 0.25) is 10.0 Å². The van der Waals surface area contributed by atoms with Gasteiger partial charge < -0.3 is 19.5 Å². The summed E-state index contributed by atoms with van der Waals surface area (Å²) in [4.78, 5) is 26.9. The second-order valence-corrected chi connectivity index (χ2v) is 9.28. The van der Waals surface area contributed by atoms with Crippen LogP contribution < -0.4 is 9.64 Å². The number of hydrogen-bond donors (Lipinski definition) is 1. The van der Waals surface area contributed by atoms with Gasteiger partial charge in [-0.1, -0.05) is 35.3 Å². The Bertz CT molecular complexity index is 1040. The number of carbonyl (C=O) groups is 1.